The van der Waals surface area contributed by atoms with Crippen molar-refractivity contribution >= 4 is 18.1 Å². The number of aromatic amines is 1. The molecule has 28 heavy (non-hydrogen) atoms. The number of ether oxygens (including phenoxy) is 2. The SMILES string of the molecule is COc1cc(CNC(=O)c2c[nH]c(=S)n2-c2ccccc2)ccc1OC(F)F. The topological polar surface area (TPSA) is 68.3 Å². The molecule has 3 aromatic rings. The van der Waals surface area contributed by atoms with Gasteiger partial charge in [0.25, 0.3) is 5.91 Å². The van der Waals surface area contributed by atoms with Crippen LogP contribution in [0.4, 0.5) is 8.78 Å². The van der Waals surface area contributed by atoms with Crippen LogP contribution in [0.5, 0.6) is 11.5 Å². The molecular weight excluding hydrogens is 388 g/mol. The fraction of sp³-hybridized carbons (Fsp3) is 0.158. The Balaban J connectivity index is 1.76. The number of imidazole rings is 1. The molecule has 0 bridgehead atoms. The first-order chi connectivity index (χ1) is 13.5. The number of benzene rings is 2. The highest BCUT2D eigenvalue weighted by Gasteiger charge is 2.15. The van der Waals surface area contributed by atoms with Gasteiger partial charge in [-0.15, -0.1) is 0 Å². The molecule has 0 aliphatic carbocycles. The summed E-state index contributed by atoms with van der Waals surface area (Å²) >= 11 is 5.27. The predicted molar refractivity (Wildman–Crippen MR) is 102 cm³/mol. The Hall–Kier alpha value is -3.20. The van der Waals surface area contributed by atoms with E-state index >= 15 is 0 Å². The van der Waals surface area contributed by atoms with Crippen LogP contribution in [0, 0.1) is 4.77 Å². The number of hydrogen-bond donors (Lipinski definition) is 2. The largest absolute Gasteiger partial charge is 0.493 e. The van der Waals surface area contributed by atoms with Gasteiger partial charge < -0.3 is 19.8 Å². The Morgan fingerprint density at radius 1 is 1.21 bits per heavy atom. The monoisotopic (exact) mass is 405 g/mol. The number of rotatable bonds is 7. The molecule has 1 aromatic heterocycles. The van der Waals surface area contributed by atoms with Crippen molar-refractivity contribution in [3.8, 4) is 17.2 Å². The van der Waals surface area contributed by atoms with Crippen molar-refractivity contribution < 1.29 is 23.0 Å². The van der Waals surface area contributed by atoms with E-state index in [1.165, 1.54) is 25.4 Å². The maximum absolute atomic E-state index is 12.6. The molecule has 0 aliphatic heterocycles. The molecule has 0 spiro atoms. The number of carbonyl (C=O) groups is 1. The van der Waals surface area contributed by atoms with E-state index in [9.17, 15) is 13.6 Å². The molecule has 0 saturated heterocycles. The standard InChI is InChI=1S/C19H17F2N3O3S/c1-26-16-9-12(7-8-15(16)27-18(20)21)10-22-17(25)14-11-23-19(28)24(14)13-5-3-2-4-6-13/h2-9,11,18H,10H2,1H3,(H,22,25)(H,23,28). The first kappa shape index (κ1) is 19.6. The Labute approximate surface area is 164 Å². The van der Waals surface area contributed by atoms with Gasteiger partial charge in [-0.1, -0.05) is 24.3 Å². The number of alkyl halides is 2. The van der Waals surface area contributed by atoms with E-state index in [0.29, 0.717) is 16.0 Å². The van der Waals surface area contributed by atoms with Gasteiger partial charge in [-0.3, -0.25) is 9.36 Å². The summed E-state index contributed by atoms with van der Waals surface area (Å²) in [6.07, 6.45) is 1.53. The van der Waals surface area contributed by atoms with Gasteiger partial charge in [0.1, 0.15) is 5.69 Å². The van der Waals surface area contributed by atoms with Crippen molar-refractivity contribution in [2.45, 2.75) is 13.2 Å². The van der Waals surface area contributed by atoms with Crippen LogP contribution in [0.25, 0.3) is 5.69 Å². The number of halogens is 2. The van der Waals surface area contributed by atoms with Gasteiger partial charge in [0.2, 0.25) is 0 Å². The Morgan fingerprint density at radius 2 is 1.96 bits per heavy atom. The van der Waals surface area contributed by atoms with Crippen LogP contribution in [-0.4, -0.2) is 29.2 Å². The molecule has 2 aromatic carbocycles. The minimum Gasteiger partial charge on any atom is -0.493 e. The lowest BCUT2D eigenvalue weighted by atomic mass is 10.2. The first-order valence-electron chi connectivity index (χ1n) is 8.25. The van der Waals surface area contributed by atoms with Gasteiger partial charge in [-0.2, -0.15) is 8.78 Å². The maximum Gasteiger partial charge on any atom is 0.387 e. The van der Waals surface area contributed by atoms with Crippen LogP contribution in [0.3, 0.4) is 0 Å². The average Bonchev–Trinajstić information content (AvgIpc) is 3.08. The summed E-state index contributed by atoms with van der Waals surface area (Å²) in [7, 11) is 1.35. The second-order valence-electron chi connectivity index (χ2n) is 5.70. The molecular formula is C19H17F2N3O3S. The van der Waals surface area contributed by atoms with E-state index in [4.69, 9.17) is 17.0 Å². The van der Waals surface area contributed by atoms with Crippen molar-refractivity contribution in [2.75, 3.05) is 7.11 Å². The van der Waals surface area contributed by atoms with Crippen molar-refractivity contribution in [1.82, 2.24) is 14.9 Å². The van der Waals surface area contributed by atoms with Crippen molar-refractivity contribution in [2.24, 2.45) is 0 Å². The number of hydrogen-bond acceptors (Lipinski definition) is 4. The van der Waals surface area contributed by atoms with Gasteiger partial charge in [0.15, 0.2) is 16.3 Å². The molecule has 2 N–H and O–H groups in total. The van der Waals surface area contributed by atoms with Crippen molar-refractivity contribution in [3.05, 3.63) is 70.8 Å². The second kappa shape index (κ2) is 8.66. The number of nitrogens with one attached hydrogen (secondary N) is 2. The Kier molecular flexibility index (Phi) is 6.05. The van der Waals surface area contributed by atoms with E-state index < -0.39 is 6.61 Å². The summed E-state index contributed by atoms with van der Waals surface area (Å²) in [5.41, 5.74) is 1.77. The van der Waals surface area contributed by atoms with Crippen LogP contribution in [0.15, 0.2) is 54.7 Å². The average molecular weight is 405 g/mol. The number of carbonyl (C=O) groups excluding carboxylic acids is 1. The second-order valence-corrected chi connectivity index (χ2v) is 6.08. The van der Waals surface area contributed by atoms with Crippen LogP contribution in [-0.2, 0) is 6.54 Å². The smallest absolute Gasteiger partial charge is 0.387 e. The molecule has 6 nitrogen and oxygen atoms in total. The van der Waals surface area contributed by atoms with E-state index in [0.717, 1.165) is 5.69 Å². The van der Waals surface area contributed by atoms with E-state index in [2.05, 4.69) is 15.0 Å². The van der Waals surface area contributed by atoms with E-state index in [1.54, 1.807) is 10.6 Å². The van der Waals surface area contributed by atoms with Gasteiger partial charge >= 0.3 is 6.61 Å². The van der Waals surface area contributed by atoms with Gasteiger partial charge in [0, 0.05) is 18.4 Å². The summed E-state index contributed by atoms with van der Waals surface area (Å²) in [6.45, 7) is -2.79. The molecule has 1 heterocycles. The highest BCUT2D eigenvalue weighted by molar-refractivity contribution is 7.71. The predicted octanol–water partition coefficient (Wildman–Crippen LogP) is 4.07. The lowest BCUT2D eigenvalue weighted by Gasteiger charge is -2.12. The number of H-pyrrole nitrogens is 1. The zero-order valence-corrected chi connectivity index (χ0v) is 15.6. The van der Waals surface area contributed by atoms with Crippen molar-refractivity contribution in [1.29, 1.82) is 0 Å². The molecule has 3 rings (SSSR count). The molecule has 0 fully saturated rings. The fourth-order valence-electron chi connectivity index (χ4n) is 2.66. The van der Waals surface area contributed by atoms with Crippen LogP contribution < -0.4 is 14.8 Å². The minimum atomic E-state index is -2.95. The quantitative estimate of drug-likeness (QED) is 0.582. The molecule has 0 aliphatic rings. The number of methoxy groups -OCH3 is 1. The maximum atomic E-state index is 12.6. The summed E-state index contributed by atoms with van der Waals surface area (Å²) in [5, 5.41) is 2.78. The summed E-state index contributed by atoms with van der Waals surface area (Å²) in [5.74, 6) is -0.264. The summed E-state index contributed by atoms with van der Waals surface area (Å²) < 4.78 is 36.3. The third-order valence-corrected chi connectivity index (χ3v) is 4.22. The molecule has 0 saturated carbocycles. The fourth-order valence-corrected chi connectivity index (χ4v) is 2.92. The summed E-state index contributed by atoms with van der Waals surface area (Å²) in [4.78, 5) is 15.5. The lowest BCUT2D eigenvalue weighted by molar-refractivity contribution is -0.0512. The highest BCUT2D eigenvalue weighted by atomic mass is 32.1. The molecule has 1 amide bonds. The Bertz CT molecular complexity index is 1020. The minimum absolute atomic E-state index is 0.0733. The molecule has 0 radical (unpaired) electrons. The number of amides is 1. The van der Waals surface area contributed by atoms with E-state index in [1.807, 2.05) is 30.3 Å². The Morgan fingerprint density at radius 3 is 2.64 bits per heavy atom. The highest BCUT2D eigenvalue weighted by Crippen LogP contribution is 2.29. The van der Waals surface area contributed by atoms with Gasteiger partial charge in [0.05, 0.1) is 7.11 Å². The zero-order valence-electron chi connectivity index (χ0n) is 14.8. The lowest BCUT2D eigenvalue weighted by Crippen LogP contribution is -2.25. The third kappa shape index (κ3) is 4.37. The third-order valence-electron chi connectivity index (χ3n) is 3.92. The zero-order chi connectivity index (χ0) is 20.1. The van der Waals surface area contributed by atoms with Crippen molar-refractivity contribution in [3.63, 3.8) is 0 Å². The number of nitrogens with zero attached hydrogens (tertiary/aromatic N) is 1. The normalized spacial score (nSPS) is 10.7. The molecule has 146 valence electrons. The van der Waals surface area contributed by atoms with Gasteiger partial charge in [-0.25, -0.2) is 0 Å². The summed E-state index contributed by atoms with van der Waals surface area (Å²) in [6, 6.07) is 13.7. The van der Waals surface area contributed by atoms with Crippen LogP contribution in [0.2, 0.25) is 0 Å². The van der Waals surface area contributed by atoms with Gasteiger partial charge in [-0.05, 0) is 42.0 Å². The molecule has 0 unspecified atom stereocenters. The first-order valence-corrected chi connectivity index (χ1v) is 8.66. The molecule has 0 atom stereocenters. The number of para-hydroxylation sites is 1. The van der Waals surface area contributed by atoms with E-state index in [-0.39, 0.29) is 24.0 Å². The molecule has 9 heteroatoms. The van der Waals surface area contributed by atoms with Crippen LogP contribution in [0.1, 0.15) is 16.1 Å². The van der Waals surface area contributed by atoms with Crippen LogP contribution >= 0.6 is 12.2 Å². The number of aromatic nitrogens is 2.